The molecule has 14 heavy (non-hydrogen) atoms. The monoisotopic (exact) mass is 191 g/mol. The topological polar surface area (TPSA) is 29.9 Å². The Morgan fingerprint density at radius 1 is 1.50 bits per heavy atom. The highest BCUT2D eigenvalue weighted by Gasteiger charge is 2.33. The second kappa shape index (κ2) is 3.09. The number of nitrogens with zero attached hydrogens (tertiary/aromatic N) is 2. The van der Waals surface area contributed by atoms with E-state index < -0.39 is 0 Å². The van der Waals surface area contributed by atoms with E-state index in [0.717, 1.165) is 18.9 Å². The van der Waals surface area contributed by atoms with Gasteiger partial charge in [-0.25, -0.2) is 4.98 Å². The van der Waals surface area contributed by atoms with E-state index >= 15 is 0 Å². The van der Waals surface area contributed by atoms with Crippen LogP contribution < -0.4 is 5.32 Å². The Balaban J connectivity index is 1.96. The standard InChI is InChI=1S/C11H17N3/c1-14-7-13-9-5-6-12-10(11(9)14)8-3-2-4-8/h7-8,10,12H,2-6H2,1H3. The average Bonchev–Trinajstić information content (AvgIpc) is 2.46. The number of aryl methyl sites for hydroxylation is 1. The van der Waals surface area contributed by atoms with Crippen molar-refractivity contribution in [2.45, 2.75) is 31.7 Å². The lowest BCUT2D eigenvalue weighted by atomic mass is 9.77. The van der Waals surface area contributed by atoms with Gasteiger partial charge in [0.1, 0.15) is 0 Å². The van der Waals surface area contributed by atoms with Crippen molar-refractivity contribution in [2.75, 3.05) is 6.54 Å². The summed E-state index contributed by atoms with van der Waals surface area (Å²) in [5, 5.41) is 3.64. The number of hydrogen-bond acceptors (Lipinski definition) is 2. The molecule has 1 aliphatic heterocycles. The Hall–Kier alpha value is -0.830. The number of fused-ring (bicyclic) bond motifs is 1. The Labute approximate surface area is 84.5 Å². The third-order valence-electron chi connectivity index (χ3n) is 3.70. The van der Waals surface area contributed by atoms with Crippen molar-refractivity contribution in [2.24, 2.45) is 13.0 Å². The zero-order chi connectivity index (χ0) is 9.54. The molecule has 1 aliphatic carbocycles. The second-order valence-corrected chi connectivity index (χ2v) is 4.56. The minimum absolute atomic E-state index is 0.583. The number of rotatable bonds is 1. The van der Waals surface area contributed by atoms with Crippen molar-refractivity contribution in [3.05, 3.63) is 17.7 Å². The van der Waals surface area contributed by atoms with Gasteiger partial charge in [0, 0.05) is 20.0 Å². The molecule has 76 valence electrons. The van der Waals surface area contributed by atoms with E-state index in [1.54, 1.807) is 0 Å². The Bertz CT molecular complexity index is 338. The molecule has 1 N–H and O–H groups in total. The van der Waals surface area contributed by atoms with Crippen LogP contribution in [0.1, 0.15) is 36.7 Å². The molecule has 3 nitrogen and oxygen atoms in total. The van der Waals surface area contributed by atoms with Gasteiger partial charge in [-0.05, 0) is 18.8 Å². The summed E-state index contributed by atoms with van der Waals surface area (Å²) in [4.78, 5) is 4.47. The minimum Gasteiger partial charge on any atom is -0.336 e. The number of imidazole rings is 1. The van der Waals surface area contributed by atoms with Crippen LogP contribution in [0.3, 0.4) is 0 Å². The van der Waals surface area contributed by atoms with Crippen LogP contribution in [0.25, 0.3) is 0 Å². The molecule has 0 radical (unpaired) electrons. The van der Waals surface area contributed by atoms with Crippen LogP contribution in [0, 0.1) is 5.92 Å². The maximum atomic E-state index is 4.47. The van der Waals surface area contributed by atoms with Gasteiger partial charge in [-0.15, -0.1) is 0 Å². The summed E-state index contributed by atoms with van der Waals surface area (Å²) in [5.41, 5.74) is 2.77. The molecule has 1 aromatic heterocycles. The molecule has 1 unspecified atom stereocenters. The smallest absolute Gasteiger partial charge is 0.0949 e. The molecule has 1 saturated carbocycles. The quantitative estimate of drug-likeness (QED) is 0.727. The van der Waals surface area contributed by atoms with Gasteiger partial charge in [-0.2, -0.15) is 0 Å². The molecule has 0 amide bonds. The Morgan fingerprint density at radius 2 is 2.36 bits per heavy atom. The van der Waals surface area contributed by atoms with Crippen LogP contribution >= 0.6 is 0 Å². The molecule has 1 aromatic rings. The molecule has 3 rings (SSSR count). The van der Waals surface area contributed by atoms with Crippen LogP contribution in [0.2, 0.25) is 0 Å². The van der Waals surface area contributed by atoms with Crippen molar-refractivity contribution in [3.8, 4) is 0 Å². The summed E-state index contributed by atoms with van der Waals surface area (Å²) in [6, 6.07) is 0.583. The third-order valence-corrected chi connectivity index (χ3v) is 3.70. The van der Waals surface area contributed by atoms with Gasteiger partial charge in [0.2, 0.25) is 0 Å². The fourth-order valence-electron chi connectivity index (χ4n) is 2.69. The van der Waals surface area contributed by atoms with Gasteiger partial charge in [0.15, 0.2) is 0 Å². The van der Waals surface area contributed by atoms with E-state index in [0.29, 0.717) is 6.04 Å². The summed E-state index contributed by atoms with van der Waals surface area (Å²) in [6.45, 7) is 1.10. The van der Waals surface area contributed by atoms with Crippen LogP contribution in [0.4, 0.5) is 0 Å². The van der Waals surface area contributed by atoms with E-state index in [1.165, 1.54) is 30.7 Å². The maximum absolute atomic E-state index is 4.47. The zero-order valence-corrected chi connectivity index (χ0v) is 8.66. The summed E-state index contributed by atoms with van der Waals surface area (Å²) < 4.78 is 2.20. The highest BCUT2D eigenvalue weighted by molar-refractivity contribution is 5.22. The molecular weight excluding hydrogens is 174 g/mol. The van der Waals surface area contributed by atoms with Crippen molar-refractivity contribution in [3.63, 3.8) is 0 Å². The molecule has 2 heterocycles. The first kappa shape index (κ1) is 8.48. The largest absolute Gasteiger partial charge is 0.336 e. The molecule has 0 aromatic carbocycles. The summed E-state index contributed by atoms with van der Waals surface area (Å²) in [7, 11) is 2.12. The van der Waals surface area contributed by atoms with Crippen molar-refractivity contribution >= 4 is 0 Å². The first-order valence-electron chi connectivity index (χ1n) is 5.60. The van der Waals surface area contributed by atoms with E-state index in [-0.39, 0.29) is 0 Å². The van der Waals surface area contributed by atoms with E-state index in [9.17, 15) is 0 Å². The van der Waals surface area contributed by atoms with Gasteiger partial charge in [-0.3, -0.25) is 0 Å². The van der Waals surface area contributed by atoms with E-state index in [1.807, 2.05) is 6.33 Å². The van der Waals surface area contributed by atoms with Crippen LogP contribution in [-0.4, -0.2) is 16.1 Å². The fourth-order valence-corrected chi connectivity index (χ4v) is 2.69. The Morgan fingerprint density at radius 3 is 3.07 bits per heavy atom. The zero-order valence-electron chi connectivity index (χ0n) is 8.66. The van der Waals surface area contributed by atoms with Crippen LogP contribution in [0.15, 0.2) is 6.33 Å². The minimum atomic E-state index is 0.583. The SMILES string of the molecule is Cn1cnc2c1C(C1CCC1)NCC2. The fraction of sp³-hybridized carbons (Fsp3) is 0.727. The maximum Gasteiger partial charge on any atom is 0.0949 e. The molecule has 0 bridgehead atoms. The number of nitrogens with one attached hydrogen (secondary N) is 1. The van der Waals surface area contributed by atoms with Crippen LogP contribution in [-0.2, 0) is 13.5 Å². The van der Waals surface area contributed by atoms with Gasteiger partial charge in [-0.1, -0.05) is 6.42 Å². The lowest BCUT2D eigenvalue weighted by molar-refractivity contribution is 0.218. The number of hydrogen-bond donors (Lipinski definition) is 1. The van der Waals surface area contributed by atoms with Gasteiger partial charge < -0.3 is 9.88 Å². The van der Waals surface area contributed by atoms with Crippen molar-refractivity contribution in [1.29, 1.82) is 0 Å². The molecule has 0 spiro atoms. The van der Waals surface area contributed by atoms with Gasteiger partial charge in [0.05, 0.1) is 23.8 Å². The highest BCUT2D eigenvalue weighted by Crippen LogP contribution is 2.39. The summed E-state index contributed by atoms with van der Waals surface area (Å²) in [6.07, 6.45) is 7.25. The molecule has 0 saturated heterocycles. The van der Waals surface area contributed by atoms with E-state index in [4.69, 9.17) is 0 Å². The normalized spacial score (nSPS) is 27.1. The predicted octanol–water partition coefficient (Wildman–Crippen LogP) is 1.41. The van der Waals surface area contributed by atoms with Crippen LogP contribution in [0.5, 0.6) is 0 Å². The summed E-state index contributed by atoms with van der Waals surface area (Å²) in [5.74, 6) is 0.865. The van der Waals surface area contributed by atoms with Gasteiger partial charge >= 0.3 is 0 Å². The average molecular weight is 191 g/mol. The summed E-state index contributed by atoms with van der Waals surface area (Å²) >= 11 is 0. The molecule has 1 atom stereocenters. The van der Waals surface area contributed by atoms with Crippen molar-refractivity contribution < 1.29 is 0 Å². The van der Waals surface area contributed by atoms with E-state index in [2.05, 4.69) is 21.9 Å². The number of aromatic nitrogens is 2. The first-order valence-corrected chi connectivity index (χ1v) is 5.60. The first-order chi connectivity index (χ1) is 6.86. The lowest BCUT2D eigenvalue weighted by Gasteiger charge is -2.37. The van der Waals surface area contributed by atoms with Gasteiger partial charge in [0.25, 0.3) is 0 Å². The molecule has 1 fully saturated rings. The highest BCUT2D eigenvalue weighted by atomic mass is 15.1. The molecule has 2 aliphatic rings. The van der Waals surface area contributed by atoms with Crippen molar-refractivity contribution in [1.82, 2.24) is 14.9 Å². The Kier molecular flexibility index (Phi) is 1.87. The second-order valence-electron chi connectivity index (χ2n) is 4.56. The third kappa shape index (κ3) is 1.12. The lowest BCUT2D eigenvalue weighted by Crippen LogP contribution is -2.38. The molecular formula is C11H17N3. The predicted molar refractivity (Wildman–Crippen MR) is 55.0 cm³/mol. The molecule has 3 heteroatoms.